The van der Waals surface area contributed by atoms with E-state index in [2.05, 4.69) is 10.6 Å². The van der Waals surface area contributed by atoms with Gasteiger partial charge in [-0.05, 0) is 36.4 Å². The molecular formula is C22H24Cl5N3O4S. The third-order valence-electron chi connectivity index (χ3n) is 5.22. The first-order chi connectivity index (χ1) is 16.3. The lowest BCUT2D eigenvalue weighted by Gasteiger charge is -2.40. The Morgan fingerprint density at radius 1 is 0.829 bits per heavy atom. The molecule has 1 heterocycles. The Morgan fingerprint density at radius 2 is 1.31 bits per heavy atom. The number of amides is 2. The summed E-state index contributed by atoms with van der Waals surface area (Å²) in [7, 11) is 0. The first kappa shape index (κ1) is 30.0. The van der Waals surface area contributed by atoms with Crippen LogP contribution in [0.5, 0.6) is 0 Å². The molecule has 3 rings (SSSR count). The Bertz CT molecular complexity index is 951. The molecule has 0 bridgehead atoms. The van der Waals surface area contributed by atoms with Gasteiger partial charge in [-0.2, -0.15) is 0 Å². The van der Waals surface area contributed by atoms with E-state index in [0.717, 1.165) is 24.6 Å². The Hall–Kier alpha value is -1.26. The molecule has 2 aromatic rings. The van der Waals surface area contributed by atoms with E-state index >= 15 is 0 Å². The second-order valence-corrected chi connectivity index (χ2v) is 10.4. The molecule has 7 nitrogen and oxygen atoms in total. The molecule has 2 N–H and O–H groups in total. The number of benzene rings is 2. The van der Waals surface area contributed by atoms with Crippen LogP contribution >= 0.6 is 58.2 Å². The first-order valence-electron chi connectivity index (χ1n) is 10.5. The average molecular weight is 604 g/mol. The van der Waals surface area contributed by atoms with Crippen molar-refractivity contribution in [3.8, 4) is 0 Å². The van der Waals surface area contributed by atoms with E-state index in [4.69, 9.17) is 55.9 Å². The third-order valence-corrected chi connectivity index (χ3v) is 8.00. The Kier molecular flexibility index (Phi) is 12.4. The van der Waals surface area contributed by atoms with Crippen molar-refractivity contribution in [2.24, 2.45) is 0 Å². The smallest absolute Gasteiger partial charge is 0.411 e. The lowest BCUT2D eigenvalue weighted by atomic mass is 10.3. The summed E-state index contributed by atoms with van der Waals surface area (Å²) in [6.07, 6.45) is -0.104. The number of ether oxygens (including phenoxy) is 2. The van der Waals surface area contributed by atoms with E-state index in [1.165, 1.54) is 0 Å². The molecule has 0 atom stereocenters. The Labute approximate surface area is 234 Å². The molecule has 1 fully saturated rings. The minimum atomic E-state index is -0.571. The van der Waals surface area contributed by atoms with Gasteiger partial charge in [0.25, 0.3) is 0 Å². The van der Waals surface area contributed by atoms with E-state index in [0.29, 0.717) is 49.0 Å². The molecule has 0 aromatic heterocycles. The highest BCUT2D eigenvalue weighted by Gasteiger charge is 2.31. The van der Waals surface area contributed by atoms with Crippen LogP contribution in [0.25, 0.3) is 0 Å². The fourth-order valence-electron chi connectivity index (χ4n) is 3.41. The van der Waals surface area contributed by atoms with Crippen LogP contribution in [0, 0.1) is 0 Å². The topological polar surface area (TPSA) is 76.7 Å². The average Bonchev–Trinajstić information content (AvgIpc) is 2.79. The predicted octanol–water partition coefficient (Wildman–Crippen LogP) is 4.01. The molecule has 2 amide bonds. The fraction of sp³-hybridized carbons (Fsp3) is 0.364. The summed E-state index contributed by atoms with van der Waals surface area (Å²) in [6.45, 7) is 2.59. The number of hydrogen-bond donors (Lipinski definition) is 2. The summed E-state index contributed by atoms with van der Waals surface area (Å²) < 4.78 is 11.4. The zero-order valence-corrected chi connectivity index (χ0v) is 23.1. The molecule has 1 aliphatic heterocycles. The molecule has 1 saturated heterocycles. The zero-order valence-electron chi connectivity index (χ0n) is 18.5. The molecule has 0 spiro atoms. The van der Waals surface area contributed by atoms with E-state index in [9.17, 15) is 9.59 Å². The summed E-state index contributed by atoms with van der Waals surface area (Å²) in [5, 5.41) is 6.77. The number of nitrogens with one attached hydrogen (secondary N) is 2. The number of carbonyl (C=O) groups excluding carboxylic acids is 2. The molecule has 1 aliphatic rings. The lowest BCUT2D eigenvalue weighted by Crippen LogP contribution is -3.00. The normalized spacial score (nSPS) is 14.4. The van der Waals surface area contributed by atoms with Gasteiger partial charge in [0.05, 0.1) is 26.6 Å². The van der Waals surface area contributed by atoms with Crippen molar-refractivity contribution in [3.63, 3.8) is 0 Å². The maximum atomic E-state index is 12.2. The fourth-order valence-corrected chi connectivity index (χ4v) is 5.24. The van der Waals surface area contributed by atoms with Crippen LogP contribution in [0.1, 0.15) is 6.42 Å². The highest BCUT2D eigenvalue weighted by Crippen LogP contribution is 2.26. The van der Waals surface area contributed by atoms with Crippen molar-refractivity contribution < 1.29 is 36.0 Å². The van der Waals surface area contributed by atoms with E-state index in [-0.39, 0.29) is 25.6 Å². The highest BCUT2D eigenvalue weighted by atomic mass is 35.5. The van der Waals surface area contributed by atoms with Gasteiger partial charge in [0.2, 0.25) is 0 Å². The van der Waals surface area contributed by atoms with Crippen LogP contribution in [-0.4, -0.2) is 61.1 Å². The van der Waals surface area contributed by atoms with Gasteiger partial charge in [-0.15, -0.1) is 11.8 Å². The zero-order chi connectivity index (χ0) is 24.6. The van der Waals surface area contributed by atoms with Gasteiger partial charge in [0.15, 0.2) is 0 Å². The highest BCUT2D eigenvalue weighted by molar-refractivity contribution is 7.99. The maximum Gasteiger partial charge on any atom is 0.411 e. The summed E-state index contributed by atoms with van der Waals surface area (Å²) in [6, 6.07) is 9.60. The van der Waals surface area contributed by atoms with E-state index < -0.39 is 12.2 Å². The van der Waals surface area contributed by atoms with Gasteiger partial charge in [-0.3, -0.25) is 10.6 Å². The number of halogens is 5. The minimum Gasteiger partial charge on any atom is -1.00 e. The van der Waals surface area contributed by atoms with E-state index in [1.807, 2.05) is 11.8 Å². The van der Waals surface area contributed by atoms with Crippen molar-refractivity contribution in [2.75, 3.05) is 55.1 Å². The van der Waals surface area contributed by atoms with E-state index in [1.54, 1.807) is 36.4 Å². The largest absolute Gasteiger partial charge is 1.00 e. The van der Waals surface area contributed by atoms with Crippen molar-refractivity contribution >= 4 is 81.7 Å². The van der Waals surface area contributed by atoms with Crippen LogP contribution in [-0.2, 0) is 9.47 Å². The van der Waals surface area contributed by atoms with Crippen LogP contribution in [0.3, 0.4) is 0 Å². The van der Waals surface area contributed by atoms with Crippen LogP contribution in [0.4, 0.5) is 21.0 Å². The minimum absolute atomic E-state index is 0. The van der Waals surface area contributed by atoms with Gasteiger partial charge in [0, 0.05) is 23.5 Å². The number of nitrogens with zero attached hydrogens (tertiary/aromatic N) is 1. The third kappa shape index (κ3) is 9.61. The van der Waals surface area contributed by atoms with Crippen LogP contribution in [0.2, 0.25) is 20.1 Å². The number of thioether (sulfide) groups is 1. The van der Waals surface area contributed by atoms with Crippen molar-refractivity contribution in [1.29, 1.82) is 0 Å². The molecule has 0 aliphatic carbocycles. The van der Waals surface area contributed by atoms with Crippen molar-refractivity contribution in [1.82, 2.24) is 0 Å². The molecule has 0 saturated carbocycles. The molecule has 0 unspecified atom stereocenters. The molecule has 192 valence electrons. The molecule has 0 radical (unpaired) electrons. The molecule has 13 heteroatoms. The quantitative estimate of drug-likeness (QED) is 0.446. The number of carbonyl (C=O) groups is 2. The Balaban J connectivity index is 0.00000432. The number of quaternary nitrogens is 1. The Morgan fingerprint density at radius 3 is 1.71 bits per heavy atom. The monoisotopic (exact) mass is 601 g/mol. The van der Waals surface area contributed by atoms with Gasteiger partial charge in [-0.25, -0.2) is 9.59 Å². The van der Waals surface area contributed by atoms with Crippen molar-refractivity contribution in [3.05, 3.63) is 56.5 Å². The number of rotatable bonds is 8. The number of anilines is 2. The predicted molar refractivity (Wildman–Crippen MR) is 140 cm³/mol. The SMILES string of the molecule is O=C(Nc1ccc(Cl)c(Cl)c1)OCC[N+]1(CCOC(=O)Nc2ccc(Cl)c(Cl)c2)CCCSC1.[Cl-]. The standard InChI is InChI=1S/C22H23Cl4N3O4S.ClH/c23-17-4-2-15(12-19(17)25)27-21(30)32-9-7-29(6-1-11-34-14-29)8-10-33-22(31)28-16-3-5-18(24)20(26)13-16;/h2-5,12-13H,1,6-11,14H2,(H-,27,28,30,31);1H. The maximum absolute atomic E-state index is 12.2. The molecular weight excluding hydrogens is 580 g/mol. The summed E-state index contributed by atoms with van der Waals surface area (Å²) in [4.78, 5) is 24.3. The summed E-state index contributed by atoms with van der Waals surface area (Å²) in [5.41, 5.74) is 0.997. The first-order valence-corrected chi connectivity index (χ1v) is 13.1. The van der Waals surface area contributed by atoms with Crippen LogP contribution < -0.4 is 23.0 Å². The van der Waals surface area contributed by atoms with Gasteiger partial charge in [-0.1, -0.05) is 46.4 Å². The summed E-state index contributed by atoms with van der Waals surface area (Å²) >= 11 is 25.6. The lowest BCUT2D eigenvalue weighted by molar-refractivity contribution is -0.917. The van der Waals surface area contributed by atoms with Gasteiger partial charge >= 0.3 is 12.2 Å². The van der Waals surface area contributed by atoms with Crippen molar-refractivity contribution in [2.45, 2.75) is 6.42 Å². The number of hydrogen-bond acceptors (Lipinski definition) is 5. The molecule has 35 heavy (non-hydrogen) atoms. The van der Waals surface area contributed by atoms with Gasteiger partial charge < -0.3 is 26.4 Å². The molecule has 2 aromatic carbocycles. The second-order valence-electron chi connectivity index (χ2n) is 7.68. The van der Waals surface area contributed by atoms with Crippen LogP contribution in [0.15, 0.2) is 36.4 Å². The van der Waals surface area contributed by atoms with Gasteiger partial charge in [0.1, 0.15) is 32.2 Å². The second kappa shape index (κ2) is 14.5. The summed E-state index contributed by atoms with van der Waals surface area (Å²) in [5.74, 6) is 1.94.